The zero-order chi connectivity index (χ0) is 14.4. The van der Waals surface area contributed by atoms with E-state index in [-0.39, 0.29) is 6.04 Å². The summed E-state index contributed by atoms with van der Waals surface area (Å²) in [6, 6.07) is 13.6. The van der Waals surface area contributed by atoms with Gasteiger partial charge < -0.3 is 9.73 Å². The lowest BCUT2D eigenvalue weighted by molar-refractivity contribution is 0.528. The van der Waals surface area contributed by atoms with E-state index in [1.807, 2.05) is 20.2 Å². The summed E-state index contributed by atoms with van der Waals surface area (Å²) in [5.74, 6) is 0.955. The van der Waals surface area contributed by atoms with Crippen LogP contribution in [0.4, 0.5) is 0 Å². The highest BCUT2D eigenvalue weighted by Gasteiger charge is 2.21. The quantitative estimate of drug-likeness (QED) is 0.778. The topological polar surface area (TPSA) is 25.2 Å². The van der Waals surface area contributed by atoms with Crippen molar-refractivity contribution in [2.24, 2.45) is 0 Å². The van der Waals surface area contributed by atoms with Gasteiger partial charge in [0.05, 0.1) is 12.3 Å². The Kier molecular flexibility index (Phi) is 2.86. The summed E-state index contributed by atoms with van der Waals surface area (Å²) < 4.78 is 5.50. The van der Waals surface area contributed by atoms with Crippen LogP contribution in [0.15, 0.2) is 47.1 Å². The second-order valence-electron chi connectivity index (χ2n) is 5.87. The zero-order valence-corrected chi connectivity index (χ0v) is 12.4. The summed E-state index contributed by atoms with van der Waals surface area (Å²) in [4.78, 5) is 0. The Morgan fingerprint density at radius 3 is 2.62 bits per heavy atom. The monoisotopic (exact) mass is 277 g/mol. The van der Waals surface area contributed by atoms with E-state index in [4.69, 9.17) is 4.42 Å². The van der Waals surface area contributed by atoms with E-state index in [0.717, 1.165) is 5.76 Å². The van der Waals surface area contributed by atoms with Gasteiger partial charge in [-0.15, -0.1) is 0 Å². The van der Waals surface area contributed by atoms with Crippen LogP contribution in [-0.2, 0) is 12.8 Å². The molecule has 2 aromatic carbocycles. The fraction of sp³-hybridized carbons (Fsp3) is 0.263. The molecule has 1 heterocycles. The van der Waals surface area contributed by atoms with Crippen molar-refractivity contribution in [3.63, 3.8) is 0 Å². The molecule has 0 amide bonds. The number of aryl methyl sites for hydroxylation is 3. The van der Waals surface area contributed by atoms with E-state index in [2.05, 4.69) is 41.7 Å². The largest absolute Gasteiger partial charge is 0.469 e. The molecule has 2 heteroatoms. The van der Waals surface area contributed by atoms with Crippen molar-refractivity contribution in [2.75, 3.05) is 7.05 Å². The van der Waals surface area contributed by atoms with Crippen LogP contribution in [0.25, 0.3) is 10.8 Å². The first-order valence-corrected chi connectivity index (χ1v) is 7.53. The highest BCUT2D eigenvalue weighted by molar-refractivity contribution is 5.93. The fourth-order valence-electron chi connectivity index (χ4n) is 3.64. The van der Waals surface area contributed by atoms with Crippen molar-refractivity contribution >= 4 is 10.8 Å². The summed E-state index contributed by atoms with van der Waals surface area (Å²) in [5, 5.41) is 6.28. The van der Waals surface area contributed by atoms with Gasteiger partial charge in [0, 0.05) is 5.56 Å². The van der Waals surface area contributed by atoms with Gasteiger partial charge in [0.15, 0.2) is 0 Å². The number of rotatable bonds is 3. The number of furan rings is 1. The standard InChI is InChI=1S/C19H19NO/c1-12-10-15(11-21-12)19(20-2)17-9-8-14-7-6-13-4-3-5-16(17)18(13)14/h3-5,8-11,19-20H,6-7H2,1-2H3. The predicted octanol–water partition coefficient (Wildman–Crippen LogP) is 4.15. The zero-order valence-electron chi connectivity index (χ0n) is 12.4. The van der Waals surface area contributed by atoms with E-state index < -0.39 is 0 Å². The summed E-state index contributed by atoms with van der Waals surface area (Å²) in [6.45, 7) is 1.99. The summed E-state index contributed by atoms with van der Waals surface area (Å²) in [5.41, 5.74) is 5.50. The minimum Gasteiger partial charge on any atom is -0.469 e. The molecule has 0 radical (unpaired) electrons. The van der Waals surface area contributed by atoms with Gasteiger partial charge in [0.2, 0.25) is 0 Å². The Labute approximate surface area is 124 Å². The number of hydrogen-bond donors (Lipinski definition) is 1. The van der Waals surface area contributed by atoms with Crippen LogP contribution in [0.5, 0.6) is 0 Å². The van der Waals surface area contributed by atoms with Crippen molar-refractivity contribution in [1.29, 1.82) is 0 Å². The predicted molar refractivity (Wildman–Crippen MR) is 85.7 cm³/mol. The molecule has 0 fully saturated rings. The first kappa shape index (κ1) is 12.7. The van der Waals surface area contributed by atoms with Gasteiger partial charge >= 0.3 is 0 Å². The summed E-state index contributed by atoms with van der Waals surface area (Å²) in [6.07, 6.45) is 4.20. The van der Waals surface area contributed by atoms with Gasteiger partial charge in [0.1, 0.15) is 5.76 Å². The van der Waals surface area contributed by atoms with Gasteiger partial charge in [-0.1, -0.05) is 30.3 Å². The number of benzene rings is 2. The highest BCUT2D eigenvalue weighted by Crippen LogP contribution is 2.36. The molecule has 1 atom stereocenters. The van der Waals surface area contributed by atoms with Crippen LogP contribution in [0.3, 0.4) is 0 Å². The van der Waals surface area contributed by atoms with Crippen LogP contribution in [0.1, 0.15) is 34.1 Å². The second-order valence-corrected chi connectivity index (χ2v) is 5.87. The van der Waals surface area contributed by atoms with Crippen LogP contribution < -0.4 is 5.32 Å². The molecule has 0 spiro atoms. The van der Waals surface area contributed by atoms with Crippen molar-refractivity contribution in [1.82, 2.24) is 5.32 Å². The molecule has 106 valence electrons. The van der Waals surface area contributed by atoms with E-state index >= 15 is 0 Å². The van der Waals surface area contributed by atoms with Gasteiger partial charge in [0.25, 0.3) is 0 Å². The summed E-state index contributed by atoms with van der Waals surface area (Å²) in [7, 11) is 2.01. The van der Waals surface area contributed by atoms with Crippen molar-refractivity contribution < 1.29 is 4.42 Å². The molecule has 0 bridgehead atoms. The Morgan fingerprint density at radius 1 is 1.10 bits per heavy atom. The average Bonchev–Trinajstić information content (AvgIpc) is 3.10. The fourth-order valence-corrected chi connectivity index (χ4v) is 3.64. The maximum absolute atomic E-state index is 5.50. The normalized spacial score (nSPS) is 14.8. The van der Waals surface area contributed by atoms with Crippen LogP contribution in [0, 0.1) is 6.92 Å². The maximum Gasteiger partial charge on any atom is 0.101 e. The molecule has 21 heavy (non-hydrogen) atoms. The van der Waals surface area contributed by atoms with Gasteiger partial charge in [-0.2, -0.15) is 0 Å². The lowest BCUT2D eigenvalue weighted by Crippen LogP contribution is -2.17. The molecule has 4 rings (SSSR count). The molecule has 0 saturated heterocycles. The van der Waals surface area contributed by atoms with E-state index in [0.29, 0.717) is 0 Å². The van der Waals surface area contributed by atoms with Crippen LogP contribution >= 0.6 is 0 Å². The Bertz CT molecular complexity index is 805. The van der Waals surface area contributed by atoms with Crippen molar-refractivity contribution in [2.45, 2.75) is 25.8 Å². The molecule has 1 unspecified atom stereocenters. The molecule has 1 aromatic heterocycles. The Hall–Kier alpha value is -2.06. The molecule has 0 saturated carbocycles. The van der Waals surface area contributed by atoms with Gasteiger partial charge in [-0.05, 0) is 60.3 Å². The van der Waals surface area contributed by atoms with Gasteiger partial charge in [-0.25, -0.2) is 0 Å². The minimum atomic E-state index is 0.173. The first-order chi connectivity index (χ1) is 10.3. The maximum atomic E-state index is 5.50. The smallest absolute Gasteiger partial charge is 0.101 e. The molecule has 3 aromatic rings. The van der Waals surface area contributed by atoms with E-state index in [1.165, 1.54) is 45.9 Å². The highest BCUT2D eigenvalue weighted by atomic mass is 16.3. The van der Waals surface area contributed by atoms with Crippen molar-refractivity contribution in [3.05, 3.63) is 70.7 Å². The molecule has 0 aliphatic heterocycles. The molecule has 2 nitrogen and oxygen atoms in total. The Morgan fingerprint density at radius 2 is 1.90 bits per heavy atom. The first-order valence-electron chi connectivity index (χ1n) is 7.53. The lowest BCUT2D eigenvalue weighted by atomic mass is 9.93. The molecule has 1 N–H and O–H groups in total. The van der Waals surface area contributed by atoms with Crippen LogP contribution in [0.2, 0.25) is 0 Å². The minimum absolute atomic E-state index is 0.173. The van der Waals surface area contributed by atoms with Crippen LogP contribution in [-0.4, -0.2) is 7.05 Å². The third kappa shape index (κ3) is 1.90. The number of nitrogens with one attached hydrogen (secondary N) is 1. The molecule has 1 aliphatic carbocycles. The Balaban J connectivity index is 1.94. The SMILES string of the molecule is CNC(c1coc(C)c1)c1ccc2c3c(cccc13)CC2. The second kappa shape index (κ2) is 4.74. The summed E-state index contributed by atoms with van der Waals surface area (Å²) >= 11 is 0. The third-order valence-electron chi connectivity index (χ3n) is 4.59. The van der Waals surface area contributed by atoms with Gasteiger partial charge in [-0.3, -0.25) is 0 Å². The lowest BCUT2D eigenvalue weighted by Gasteiger charge is -2.18. The third-order valence-corrected chi connectivity index (χ3v) is 4.59. The van der Waals surface area contributed by atoms with Crippen molar-refractivity contribution in [3.8, 4) is 0 Å². The number of hydrogen-bond acceptors (Lipinski definition) is 2. The molecular formula is C19H19NO. The average molecular weight is 277 g/mol. The van der Waals surface area contributed by atoms with E-state index in [1.54, 1.807) is 0 Å². The molecular weight excluding hydrogens is 258 g/mol. The van der Waals surface area contributed by atoms with E-state index in [9.17, 15) is 0 Å². The molecule has 1 aliphatic rings.